The zero-order valence-electron chi connectivity index (χ0n) is 22.0. The van der Waals surface area contributed by atoms with E-state index < -0.39 is 5.82 Å². The first-order chi connectivity index (χ1) is 19.0. The van der Waals surface area contributed by atoms with Gasteiger partial charge >= 0.3 is 6.03 Å². The molecule has 0 bridgehead atoms. The van der Waals surface area contributed by atoms with Crippen molar-refractivity contribution in [1.82, 2.24) is 20.0 Å². The van der Waals surface area contributed by atoms with Crippen LogP contribution in [0.2, 0.25) is 0 Å². The topological polar surface area (TPSA) is 97.5 Å². The van der Waals surface area contributed by atoms with E-state index in [1.54, 1.807) is 12.1 Å². The van der Waals surface area contributed by atoms with E-state index in [1.807, 2.05) is 20.8 Å². The lowest BCUT2D eigenvalue weighted by atomic mass is 10.1. The summed E-state index contributed by atoms with van der Waals surface area (Å²) in [7, 11) is 0. The highest BCUT2D eigenvalue weighted by Crippen LogP contribution is 2.30. The summed E-state index contributed by atoms with van der Waals surface area (Å²) in [5, 5.41) is 6.26. The van der Waals surface area contributed by atoms with Crippen LogP contribution in [0.25, 0.3) is 0 Å². The predicted molar refractivity (Wildman–Crippen MR) is 146 cm³/mol. The summed E-state index contributed by atoms with van der Waals surface area (Å²) in [4.78, 5) is 47.0. The molecule has 208 valence electrons. The van der Waals surface area contributed by atoms with E-state index in [4.69, 9.17) is 4.74 Å². The van der Waals surface area contributed by atoms with Gasteiger partial charge in [0.1, 0.15) is 5.82 Å². The summed E-state index contributed by atoms with van der Waals surface area (Å²) in [5.41, 5.74) is 2.10. The van der Waals surface area contributed by atoms with Gasteiger partial charge in [0.2, 0.25) is 0 Å². The predicted octanol–water partition coefficient (Wildman–Crippen LogP) is 2.09. The third-order valence-corrected chi connectivity index (χ3v) is 7.40. The number of hydrogen-bond donors (Lipinski definition) is 2. The minimum absolute atomic E-state index is 0.0238. The number of halogens is 1. The van der Waals surface area contributed by atoms with Crippen LogP contribution in [-0.2, 0) is 4.74 Å². The Morgan fingerprint density at radius 3 is 2.21 bits per heavy atom. The molecule has 4 amide bonds. The largest absolute Gasteiger partial charge is 0.378 e. The third-order valence-electron chi connectivity index (χ3n) is 7.40. The van der Waals surface area contributed by atoms with E-state index in [1.165, 1.54) is 24.3 Å². The first-order valence-corrected chi connectivity index (χ1v) is 13.6. The van der Waals surface area contributed by atoms with Crippen molar-refractivity contribution in [3.63, 3.8) is 0 Å². The molecule has 11 heteroatoms. The highest BCUT2D eigenvalue weighted by Gasteiger charge is 2.28. The lowest BCUT2D eigenvalue weighted by Gasteiger charge is -2.39. The Morgan fingerprint density at radius 1 is 0.769 bits per heavy atom. The van der Waals surface area contributed by atoms with Gasteiger partial charge in [-0.2, -0.15) is 0 Å². The molecule has 0 aliphatic carbocycles. The molecule has 3 fully saturated rings. The second-order valence-corrected chi connectivity index (χ2v) is 9.94. The van der Waals surface area contributed by atoms with E-state index >= 15 is 0 Å². The van der Waals surface area contributed by atoms with Crippen molar-refractivity contribution in [2.24, 2.45) is 0 Å². The molecular formula is C28H35FN6O4. The zero-order chi connectivity index (χ0) is 27.2. The Hall–Kier alpha value is -3.70. The van der Waals surface area contributed by atoms with Gasteiger partial charge in [0.15, 0.2) is 0 Å². The van der Waals surface area contributed by atoms with Crippen LogP contribution in [0.4, 0.5) is 20.6 Å². The Balaban J connectivity index is 1.34. The first kappa shape index (κ1) is 26.9. The fourth-order valence-corrected chi connectivity index (χ4v) is 5.17. The maximum Gasteiger partial charge on any atom is 0.320 e. The standard InChI is InChI=1S/C28H35FN6O4/c29-23-5-2-21(3-6-23)26(36)31-24-20-22(27(37)33-10-1-8-30-9-11-33)4-7-25(24)32-12-14-34(15-13-32)28(38)35-16-18-39-19-17-35/h2-7,20,30H,1,8-19H2,(H,31,36). The number of hydrogen-bond acceptors (Lipinski definition) is 6. The molecule has 5 rings (SSSR count). The fourth-order valence-electron chi connectivity index (χ4n) is 5.17. The molecule has 10 nitrogen and oxygen atoms in total. The van der Waals surface area contributed by atoms with Crippen LogP contribution >= 0.6 is 0 Å². The number of benzene rings is 2. The van der Waals surface area contributed by atoms with Crippen LogP contribution in [0.5, 0.6) is 0 Å². The van der Waals surface area contributed by atoms with Gasteiger partial charge < -0.3 is 35.0 Å². The molecule has 3 saturated heterocycles. The summed E-state index contributed by atoms with van der Waals surface area (Å²) >= 11 is 0. The van der Waals surface area contributed by atoms with Gasteiger partial charge in [-0.1, -0.05) is 0 Å². The van der Waals surface area contributed by atoms with Gasteiger partial charge in [-0.15, -0.1) is 0 Å². The molecule has 2 aromatic rings. The SMILES string of the molecule is O=C(Nc1cc(C(=O)N2CCCNCC2)ccc1N1CCN(C(=O)N2CCOCC2)CC1)c1ccc(F)cc1. The Bertz CT molecular complexity index is 1170. The molecule has 3 aliphatic heterocycles. The van der Waals surface area contributed by atoms with Gasteiger partial charge in [0.05, 0.1) is 24.6 Å². The number of nitrogens with one attached hydrogen (secondary N) is 2. The maximum absolute atomic E-state index is 13.4. The molecule has 2 aromatic carbocycles. The lowest BCUT2D eigenvalue weighted by molar-refractivity contribution is 0.0428. The van der Waals surface area contributed by atoms with E-state index in [0.29, 0.717) is 82.4 Å². The number of anilines is 2. The molecule has 0 saturated carbocycles. The smallest absolute Gasteiger partial charge is 0.320 e. The molecule has 0 radical (unpaired) electrons. The number of ether oxygens (including phenoxy) is 1. The van der Waals surface area contributed by atoms with Gasteiger partial charge in [-0.25, -0.2) is 9.18 Å². The van der Waals surface area contributed by atoms with Crippen LogP contribution in [0, 0.1) is 5.82 Å². The number of carbonyl (C=O) groups is 3. The molecule has 0 aromatic heterocycles. The van der Waals surface area contributed by atoms with Crippen molar-refractivity contribution in [2.75, 3.05) is 88.9 Å². The summed E-state index contributed by atoms with van der Waals surface area (Å²) in [6, 6.07) is 10.8. The molecule has 0 unspecified atom stereocenters. The molecule has 2 N–H and O–H groups in total. The zero-order valence-corrected chi connectivity index (χ0v) is 22.0. The average molecular weight is 539 g/mol. The third kappa shape index (κ3) is 6.48. The van der Waals surface area contributed by atoms with E-state index in [9.17, 15) is 18.8 Å². The first-order valence-electron chi connectivity index (χ1n) is 13.6. The minimum atomic E-state index is -0.420. The number of morpholine rings is 1. The monoisotopic (exact) mass is 538 g/mol. The maximum atomic E-state index is 13.4. The Labute approximate surface area is 227 Å². The highest BCUT2D eigenvalue weighted by atomic mass is 19.1. The number of urea groups is 1. The van der Waals surface area contributed by atoms with Crippen molar-refractivity contribution < 1.29 is 23.5 Å². The van der Waals surface area contributed by atoms with E-state index in [-0.39, 0.29) is 17.8 Å². The van der Waals surface area contributed by atoms with Gasteiger partial charge in [-0.3, -0.25) is 9.59 Å². The van der Waals surface area contributed by atoms with Crippen molar-refractivity contribution in [2.45, 2.75) is 6.42 Å². The summed E-state index contributed by atoms with van der Waals surface area (Å²) < 4.78 is 18.8. The van der Waals surface area contributed by atoms with Crippen LogP contribution in [0.1, 0.15) is 27.1 Å². The van der Waals surface area contributed by atoms with Crippen LogP contribution in [0.3, 0.4) is 0 Å². The minimum Gasteiger partial charge on any atom is -0.378 e. The average Bonchev–Trinajstić information content (AvgIpc) is 3.27. The Kier molecular flexibility index (Phi) is 8.58. The number of rotatable bonds is 4. The quantitative estimate of drug-likeness (QED) is 0.619. The van der Waals surface area contributed by atoms with Crippen molar-refractivity contribution >= 4 is 29.2 Å². The molecule has 3 aliphatic rings. The second-order valence-electron chi connectivity index (χ2n) is 9.94. The molecule has 39 heavy (non-hydrogen) atoms. The number of nitrogens with zero attached hydrogens (tertiary/aromatic N) is 4. The lowest BCUT2D eigenvalue weighted by Crippen LogP contribution is -2.54. The van der Waals surface area contributed by atoms with Crippen molar-refractivity contribution in [3.8, 4) is 0 Å². The van der Waals surface area contributed by atoms with E-state index in [0.717, 1.165) is 25.2 Å². The van der Waals surface area contributed by atoms with Crippen LogP contribution < -0.4 is 15.5 Å². The van der Waals surface area contributed by atoms with Gasteiger partial charge in [0, 0.05) is 70.0 Å². The second kappa shape index (κ2) is 12.4. The molecular weight excluding hydrogens is 503 g/mol. The van der Waals surface area contributed by atoms with Gasteiger partial charge in [0.25, 0.3) is 11.8 Å². The summed E-state index contributed by atoms with van der Waals surface area (Å²) in [6.07, 6.45) is 0.880. The molecule has 0 atom stereocenters. The molecule has 3 heterocycles. The highest BCUT2D eigenvalue weighted by molar-refractivity contribution is 6.07. The summed E-state index contributed by atoms with van der Waals surface area (Å²) in [5.74, 6) is -0.888. The van der Waals surface area contributed by atoms with Crippen molar-refractivity contribution in [1.29, 1.82) is 0 Å². The number of carbonyl (C=O) groups excluding carboxylic acids is 3. The van der Waals surface area contributed by atoms with Crippen LogP contribution in [0.15, 0.2) is 42.5 Å². The number of amides is 4. The normalized spacial score (nSPS) is 18.5. The van der Waals surface area contributed by atoms with Crippen LogP contribution in [-0.4, -0.2) is 111 Å². The van der Waals surface area contributed by atoms with Crippen molar-refractivity contribution in [3.05, 3.63) is 59.4 Å². The summed E-state index contributed by atoms with van der Waals surface area (Å²) in [6.45, 7) is 7.48. The number of piperazine rings is 1. The fraction of sp³-hybridized carbons (Fsp3) is 0.464. The van der Waals surface area contributed by atoms with Gasteiger partial charge in [-0.05, 0) is 55.4 Å². The molecule has 0 spiro atoms. The van der Waals surface area contributed by atoms with E-state index in [2.05, 4.69) is 15.5 Å². The Morgan fingerprint density at radius 2 is 1.46 bits per heavy atom.